The number of carbonyl (C=O) groups excluding carboxylic acids is 3. The molecule has 2 saturated heterocycles. The zero-order chi connectivity index (χ0) is 27.2. The molecule has 1 N–H and O–H groups in total. The van der Waals surface area contributed by atoms with Gasteiger partial charge in [-0.1, -0.05) is 57.9 Å². The van der Waals surface area contributed by atoms with Gasteiger partial charge < -0.3 is 24.5 Å². The van der Waals surface area contributed by atoms with Gasteiger partial charge in [-0.3, -0.25) is 14.4 Å². The smallest absolute Gasteiger partial charge is 0.249 e. The Morgan fingerprint density at radius 1 is 0.973 bits per heavy atom. The van der Waals surface area contributed by atoms with Crippen LogP contribution < -0.4 is 0 Å². The van der Waals surface area contributed by atoms with Crippen LogP contribution in [0.2, 0.25) is 0 Å². The first-order valence-electron chi connectivity index (χ1n) is 13.8. The largest absolute Gasteiger partial charge is 0.396 e. The van der Waals surface area contributed by atoms with Gasteiger partial charge in [0.15, 0.2) is 0 Å². The fraction of sp³-hybridized carbons (Fsp3) is 0.759. The van der Waals surface area contributed by atoms with Gasteiger partial charge in [-0.05, 0) is 38.5 Å². The van der Waals surface area contributed by atoms with Crippen molar-refractivity contribution < 1.29 is 24.2 Å². The summed E-state index contributed by atoms with van der Waals surface area (Å²) in [5.74, 6) is -1.76. The average Bonchev–Trinajstić information content (AvgIpc) is 3.10. The lowest BCUT2D eigenvalue weighted by molar-refractivity contribution is -0.152. The van der Waals surface area contributed by atoms with E-state index >= 15 is 0 Å². The number of aliphatic hydroxyl groups excluding tert-OH is 1. The lowest BCUT2D eigenvalue weighted by Crippen LogP contribution is -2.59. The molecule has 3 amide bonds. The van der Waals surface area contributed by atoms with Crippen molar-refractivity contribution in [2.24, 2.45) is 17.3 Å². The minimum Gasteiger partial charge on any atom is -0.396 e. The van der Waals surface area contributed by atoms with Gasteiger partial charge in [0.05, 0.1) is 17.9 Å². The van der Waals surface area contributed by atoms with Crippen molar-refractivity contribution in [2.75, 3.05) is 33.3 Å². The lowest BCUT2D eigenvalue weighted by Gasteiger charge is -2.44. The molecular formula is C29H45N3O5. The number of aliphatic hydroxyl groups is 1. The van der Waals surface area contributed by atoms with E-state index in [4.69, 9.17) is 9.84 Å². The highest BCUT2D eigenvalue weighted by Gasteiger charge is 2.72. The highest BCUT2D eigenvalue weighted by atomic mass is 16.5. The Balaban J connectivity index is 1.73. The second-order valence-corrected chi connectivity index (χ2v) is 13.1. The number of ether oxygens (including phenoxy) is 1. The molecule has 4 rings (SSSR count). The molecule has 0 aliphatic carbocycles. The van der Waals surface area contributed by atoms with Gasteiger partial charge in [-0.2, -0.15) is 0 Å². The molecule has 4 heterocycles. The summed E-state index contributed by atoms with van der Waals surface area (Å²) in [7, 11) is 1.75. The van der Waals surface area contributed by atoms with Gasteiger partial charge in [0.1, 0.15) is 11.6 Å². The molecule has 37 heavy (non-hydrogen) atoms. The number of carbonyl (C=O) groups is 3. The van der Waals surface area contributed by atoms with Crippen LogP contribution in [-0.2, 0) is 19.1 Å². The normalized spacial score (nSPS) is 32.0. The number of unbranched alkanes of at least 4 members (excludes halogenated alkanes) is 3. The maximum absolute atomic E-state index is 14.5. The minimum atomic E-state index is -1.17. The number of rotatable bonds is 8. The Labute approximate surface area is 221 Å². The average molecular weight is 516 g/mol. The summed E-state index contributed by atoms with van der Waals surface area (Å²) in [5, 5.41) is 9.13. The Hall–Kier alpha value is -2.19. The Morgan fingerprint density at radius 3 is 2.35 bits per heavy atom. The maximum Gasteiger partial charge on any atom is 0.249 e. The molecule has 1 unspecified atom stereocenters. The van der Waals surface area contributed by atoms with Crippen molar-refractivity contribution >= 4 is 17.7 Å². The third-order valence-electron chi connectivity index (χ3n) is 8.36. The predicted molar refractivity (Wildman–Crippen MR) is 141 cm³/mol. The van der Waals surface area contributed by atoms with E-state index < -0.39 is 35.1 Å². The molecule has 1 spiro atoms. The lowest BCUT2D eigenvalue weighted by atomic mass is 9.77. The number of amides is 3. The van der Waals surface area contributed by atoms with Crippen LogP contribution in [0.25, 0.3) is 0 Å². The van der Waals surface area contributed by atoms with Crippen LogP contribution in [0.4, 0.5) is 0 Å². The van der Waals surface area contributed by atoms with E-state index in [-0.39, 0.29) is 29.7 Å². The molecule has 0 aromatic heterocycles. The first kappa shape index (κ1) is 27.8. The second-order valence-electron chi connectivity index (χ2n) is 13.1. The standard InChI is InChI=1S/C29H45N3O5/c1-27(2,3)19-28(4,5)32-17-12-14-29-22(21-20(37-29)13-11-15-30(6)24(21)34)25(35)31(23(29)26(32)36)16-9-7-8-10-18-33/h11-14,20-23,33H,7-10,15-19H2,1-6H3/t20-,21+,22+,23?,29+/m1/s1. The van der Waals surface area contributed by atoms with Crippen LogP contribution in [0, 0.1) is 17.3 Å². The van der Waals surface area contributed by atoms with Gasteiger partial charge in [0, 0.05) is 38.8 Å². The molecule has 206 valence electrons. The van der Waals surface area contributed by atoms with E-state index in [0.29, 0.717) is 19.6 Å². The molecule has 4 aliphatic heterocycles. The van der Waals surface area contributed by atoms with Gasteiger partial charge in [-0.25, -0.2) is 0 Å². The summed E-state index contributed by atoms with van der Waals surface area (Å²) in [6.45, 7) is 12.2. The van der Waals surface area contributed by atoms with Crippen molar-refractivity contribution in [3.05, 3.63) is 24.3 Å². The first-order chi connectivity index (χ1) is 17.3. The van der Waals surface area contributed by atoms with Crippen molar-refractivity contribution in [1.82, 2.24) is 14.7 Å². The fourth-order valence-electron chi connectivity index (χ4n) is 7.19. The van der Waals surface area contributed by atoms with Crippen LogP contribution in [0.15, 0.2) is 24.3 Å². The van der Waals surface area contributed by atoms with Crippen molar-refractivity contribution in [1.29, 1.82) is 0 Å². The van der Waals surface area contributed by atoms with E-state index in [0.717, 1.165) is 32.1 Å². The Morgan fingerprint density at radius 2 is 1.68 bits per heavy atom. The van der Waals surface area contributed by atoms with E-state index in [1.165, 1.54) is 0 Å². The summed E-state index contributed by atoms with van der Waals surface area (Å²) < 4.78 is 6.67. The molecule has 8 nitrogen and oxygen atoms in total. The van der Waals surface area contributed by atoms with Crippen molar-refractivity contribution in [2.45, 2.75) is 90.0 Å². The summed E-state index contributed by atoms with van der Waals surface area (Å²) in [6, 6.07) is -0.806. The van der Waals surface area contributed by atoms with Crippen molar-refractivity contribution in [3.8, 4) is 0 Å². The quantitative estimate of drug-likeness (QED) is 0.397. The number of hydrogen-bond donors (Lipinski definition) is 1. The molecular weight excluding hydrogens is 470 g/mol. The molecule has 5 atom stereocenters. The number of nitrogens with zero attached hydrogens (tertiary/aromatic N) is 3. The number of fused-ring (bicyclic) bond motifs is 2. The monoisotopic (exact) mass is 515 g/mol. The Kier molecular flexibility index (Phi) is 7.65. The summed E-state index contributed by atoms with van der Waals surface area (Å²) in [4.78, 5) is 47.3. The number of likely N-dealkylation sites (tertiary alicyclic amines) is 1. The summed E-state index contributed by atoms with van der Waals surface area (Å²) in [5.41, 5.74) is -1.59. The summed E-state index contributed by atoms with van der Waals surface area (Å²) >= 11 is 0. The molecule has 0 bridgehead atoms. The van der Waals surface area contributed by atoms with Crippen LogP contribution >= 0.6 is 0 Å². The first-order valence-corrected chi connectivity index (χ1v) is 13.8. The Bertz CT molecular complexity index is 967. The second kappa shape index (κ2) is 10.2. The highest BCUT2D eigenvalue weighted by molar-refractivity contribution is 6.00. The zero-order valence-electron chi connectivity index (χ0n) is 23.4. The topological polar surface area (TPSA) is 90.4 Å². The number of likely N-dealkylation sites (N-methyl/N-ethyl adjacent to an activating group) is 1. The molecule has 0 aromatic carbocycles. The third kappa shape index (κ3) is 4.99. The van der Waals surface area contributed by atoms with Crippen LogP contribution in [0.3, 0.4) is 0 Å². The molecule has 8 heteroatoms. The SMILES string of the molecule is CN1CC=C[C@H]2O[C@]34C=CCN(C(C)(C)CC(C)(C)C)C(=O)C3N(CCCCCCO)C(=O)[C@@H]4[C@H]2C1=O. The minimum absolute atomic E-state index is 0.0107. The van der Waals surface area contributed by atoms with Crippen LogP contribution in [-0.4, -0.2) is 94.1 Å². The predicted octanol–water partition coefficient (Wildman–Crippen LogP) is 2.76. The van der Waals surface area contributed by atoms with E-state index in [1.807, 2.05) is 29.2 Å². The van der Waals surface area contributed by atoms with E-state index in [1.54, 1.807) is 16.8 Å². The van der Waals surface area contributed by atoms with E-state index in [2.05, 4.69) is 34.6 Å². The molecule has 0 saturated carbocycles. The molecule has 0 aromatic rings. The zero-order valence-corrected chi connectivity index (χ0v) is 23.4. The highest BCUT2D eigenvalue weighted by Crippen LogP contribution is 2.54. The van der Waals surface area contributed by atoms with Gasteiger partial charge in [-0.15, -0.1) is 0 Å². The molecule has 2 fully saturated rings. The number of hydrogen-bond acceptors (Lipinski definition) is 5. The van der Waals surface area contributed by atoms with Gasteiger partial charge in [0.25, 0.3) is 0 Å². The molecule has 0 radical (unpaired) electrons. The fourth-order valence-corrected chi connectivity index (χ4v) is 7.19. The third-order valence-corrected chi connectivity index (χ3v) is 8.36. The summed E-state index contributed by atoms with van der Waals surface area (Å²) in [6.07, 6.45) is 11.1. The maximum atomic E-state index is 14.5. The van der Waals surface area contributed by atoms with Gasteiger partial charge >= 0.3 is 0 Å². The van der Waals surface area contributed by atoms with Crippen molar-refractivity contribution in [3.63, 3.8) is 0 Å². The van der Waals surface area contributed by atoms with Crippen LogP contribution in [0.5, 0.6) is 0 Å². The van der Waals surface area contributed by atoms with E-state index in [9.17, 15) is 14.4 Å². The molecule has 4 aliphatic rings. The van der Waals surface area contributed by atoms with Gasteiger partial charge in [0.2, 0.25) is 17.7 Å². The van der Waals surface area contributed by atoms with Crippen LogP contribution in [0.1, 0.15) is 66.7 Å².